The van der Waals surface area contributed by atoms with E-state index in [1.807, 2.05) is 61.5 Å². The molecule has 0 aliphatic heterocycles. The molecule has 2 aromatic heterocycles. The van der Waals surface area contributed by atoms with Gasteiger partial charge in [0.05, 0.1) is 11.6 Å². The number of rotatable bonds is 3. The SMILES string of the molecule is COc1ccccc1C=c1sc2nc(-c3ccccc3C)nn2c1=O. The third kappa shape index (κ3) is 2.70. The van der Waals surface area contributed by atoms with Crippen molar-refractivity contribution in [1.29, 1.82) is 0 Å². The molecule has 0 atom stereocenters. The number of thiazole rings is 1. The molecule has 2 heterocycles. The van der Waals surface area contributed by atoms with Crippen LogP contribution in [-0.2, 0) is 0 Å². The normalized spacial score (nSPS) is 12.0. The zero-order chi connectivity index (χ0) is 17.4. The van der Waals surface area contributed by atoms with Gasteiger partial charge in [0.2, 0.25) is 4.96 Å². The third-order valence-electron chi connectivity index (χ3n) is 3.99. The summed E-state index contributed by atoms with van der Waals surface area (Å²) in [6.45, 7) is 2.00. The van der Waals surface area contributed by atoms with E-state index in [0.717, 1.165) is 22.4 Å². The molecular formula is C19H15N3O2S. The Morgan fingerprint density at radius 3 is 2.64 bits per heavy atom. The van der Waals surface area contributed by atoms with Gasteiger partial charge in [-0.3, -0.25) is 4.79 Å². The third-order valence-corrected chi connectivity index (χ3v) is 4.95. The van der Waals surface area contributed by atoms with Crippen molar-refractivity contribution in [3.63, 3.8) is 0 Å². The van der Waals surface area contributed by atoms with Gasteiger partial charge in [-0.2, -0.15) is 9.50 Å². The zero-order valence-corrected chi connectivity index (χ0v) is 14.6. The monoisotopic (exact) mass is 349 g/mol. The van der Waals surface area contributed by atoms with E-state index < -0.39 is 0 Å². The highest BCUT2D eigenvalue weighted by Gasteiger charge is 2.13. The van der Waals surface area contributed by atoms with Gasteiger partial charge >= 0.3 is 0 Å². The van der Waals surface area contributed by atoms with Crippen molar-refractivity contribution >= 4 is 22.4 Å². The Kier molecular flexibility index (Phi) is 3.82. The minimum atomic E-state index is -0.168. The van der Waals surface area contributed by atoms with Crippen molar-refractivity contribution in [3.8, 4) is 17.1 Å². The molecule has 124 valence electrons. The summed E-state index contributed by atoms with van der Waals surface area (Å²) in [6, 6.07) is 15.5. The second-order valence-electron chi connectivity index (χ2n) is 5.60. The van der Waals surface area contributed by atoms with Gasteiger partial charge in [0.1, 0.15) is 5.75 Å². The Bertz CT molecular complexity index is 1180. The van der Waals surface area contributed by atoms with Gasteiger partial charge in [0, 0.05) is 11.1 Å². The van der Waals surface area contributed by atoms with Gasteiger partial charge in [-0.05, 0) is 24.6 Å². The van der Waals surface area contributed by atoms with Crippen LogP contribution >= 0.6 is 11.3 Å². The minimum absolute atomic E-state index is 0.168. The molecule has 25 heavy (non-hydrogen) atoms. The maximum absolute atomic E-state index is 12.7. The topological polar surface area (TPSA) is 56.5 Å². The van der Waals surface area contributed by atoms with Crippen LogP contribution in [0.2, 0.25) is 0 Å². The lowest BCUT2D eigenvalue weighted by Gasteiger charge is -2.02. The van der Waals surface area contributed by atoms with Crippen LogP contribution in [0.1, 0.15) is 11.1 Å². The van der Waals surface area contributed by atoms with Crippen LogP contribution in [0.25, 0.3) is 22.4 Å². The molecule has 0 fully saturated rings. The number of nitrogens with zero attached hydrogens (tertiary/aromatic N) is 3. The van der Waals surface area contributed by atoms with E-state index in [9.17, 15) is 4.79 Å². The van der Waals surface area contributed by atoms with Gasteiger partial charge in [0.15, 0.2) is 5.82 Å². The molecule has 0 radical (unpaired) electrons. The lowest BCUT2D eigenvalue weighted by molar-refractivity contribution is 0.414. The van der Waals surface area contributed by atoms with Gasteiger partial charge in [-0.15, -0.1) is 5.10 Å². The fourth-order valence-corrected chi connectivity index (χ4v) is 3.60. The summed E-state index contributed by atoms with van der Waals surface area (Å²) in [7, 11) is 1.61. The first-order valence-corrected chi connectivity index (χ1v) is 8.59. The van der Waals surface area contributed by atoms with Crippen LogP contribution < -0.4 is 14.8 Å². The van der Waals surface area contributed by atoms with E-state index in [2.05, 4.69) is 10.1 Å². The van der Waals surface area contributed by atoms with Crippen LogP contribution in [0.15, 0.2) is 53.3 Å². The number of methoxy groups -OCH3 is 1. The van der Waals surface area contributed by atoms with Gasteiger partial charge in [-0.25, -0.2) is 0 Å². The maximum atomic E-state index is 12.7. The Labute approximate surface area is 147 Å². The number of aromatic nitrogens is 3. The number of hydrogen-bond donors (Lipinski definition) is 0. The lowest BCUT2D eigenvalue weighted by atomic mass is 10.1. The molecule has 2 aromatic carbocycles. The number of aryl methyl sites for hydroxylation is 1. The fourth-order valence-electron chi connectivity index (χ4n) is 2.70. The molecule has 0 N–H and O–H groups in total. The molecule has 0 saturated heterocycles. The second-order valence-corrected chi connectivity index (χ2v) is 6.61. The van der Waals surface area contributed by atoms with Gasteiger partial charge < -0.3 is 4.74 Å². The number of fused-ring (bicyclic) bond motifs is 1. The highest BCUT2D eigenvalue weighted by molar-refractivity contribution is 7.15. The Morgan fingerprint density at radius 1 is 1.12 bits per heavy atom. The highest BCUT2D eigenvalue weighted by atomic mass is 32.1. The van der Waals surface area contributed by atoms with Crippen molar-refractivity contribution in [2.24, 2.45) is 0 Å². The molecule has 0 unspecified atom stereocenters. The Morgan fingerprint density at radius 2 is 1.88 bits per heavy atom. The fraction of sp³-hybridized carbons (Fsp3) is 0.105. The average molecular weight is 349 g/mol. The highest BCUT2D eigenvalue weighted by Crippen LogP contribution is 2.21. The summed E-state index contributed by atoms with van der Waals surface area (Å²) >= 11 is 1.33. The van der Waals surface area contributed by atoms with Crippen LogP contribution in [0.4, 0.5) is 0 Å². The van der Waals surface area contributed by atoms with Gasteiger partial charge in [0.25, 0.3) is 5.56 Å². The molecule has 6 heteroatoms. The number of ether oxygens (including phenoxy) is 1. The van der Waals surface area contributed by atoms with E-state index in [0.29, 0.717) is 15.3 Å². The molecule has 4 aromatic rings. The molecule has 0 spiro atoms. The Balaban J connectivity index is 1.85. The van der Waals surface area contributed by atoms with Crippen molar-refractivity contribution in [2.45, 2.75) is 6.92 Å². The molecule has 0 bridgehead atoms. The first-order chi connectivity index (χ1) is 12.2. The summed E-state index contributed by atoms with van der Waals surface area (Å²) in [5.41, 5.74) is 2.70. The first kappa shape index (κ1) is 15.5. The quantitative estimate of drug-likeness (QED) is 0.571. The van der Waals surface area contributed by atoms with Crippen molar-refractivity contribution in [1.82, 2.24) is 14.6 Å². The molecule has 0 saturated carbocycles. The van der Waals surface area contributed by atoms with E-state index in [1.165, 1.54) is 15.9 Å². The average Bonchev–Trinajstić information content (AvgIpc) is 3.16. The largest absolute Gasteiger partial charge is 0.496 e. The minimum Gasteiger partial charge on any atom is -0.496 e. The Hall–Kier alpha value is -2.99. The van der Waals surface area contributed by atoms with Crippen LogP contribution in [0.5, 0.6) is 5.75 Å². The van der Waals surface area contributed by atoms with E-state index >= 15 is 0 Å². The smallest absolute Gasteiger partial charge is 0.291 e. The molecule has 0 aliphatic carbocycles. The van der Waals surface area contributed by atoms with E-state index in [-0.39, 0.29) is 5.56 Å². The van der Waals surface area contributed by atoms with Crippen molar-refractivity contribution < 1.29 is 4.74 Å². The predicted octanol–water partition coefficient (Wildman–Crippen LogP) is 2.68. The molecule has 0 amide bonds. The lowest BCUT2D eigenvalue weighted by Crippen LogP contribution is -2.23. The molecule has 0 aliphatic rings. The van der Waals surface area contributed by atoms with Crippen LogP contribution in [0.3, 0.4) is 0 Å². The summed E-state index contributed by atoms with van der Waals surface area (Å²) in [5.74, 6) is 1.30. The maximum Gasteiger partial charge on any atom is 0.291 e. The predicted molar refractivity (Wildman–Crippen MR) is 99.1 cm³/mol. The summed E-state index contributed by atoms with van der Waals surface area (Å²) in [4.78, 5) is 17.8. The number of hydrogen-bond acceptors (Lipinski definition) is 5. The first-order valence-electron chi connectivity index (χ1n) is 7.77. The standard InChI is InChI=1S/C19H15N3O2S/c1-12-7-3-5-9-14(12)17-20-19-22(21-17)18(23)16(25-19)11-13-8-4-6-10-15(13)24-2/h3-11H,1-2H3. The molecule has 4 rings (SSSR count). The summed E-state index contributed by atoms with van der Waals surface area (Å²) in [6.07, 6.45) is 1.82. The van der Waals surface area contributed by atoms with E-state index in [1.54, 1.807) is 7.11 Å². The number of benzene rings is 2. The number of para-hydroxylation sites is 1. The van der Waals surface area contributed by atoms with Crippen LogP contribution in [-0.4, -0.2) is 21.7 Å². The van der Waals surface area contributed by atoms with Crippen molar-refractivity contribution in [3.05, 3.63) is 74.5 Å². The molecule has 5 nitrogen and oxygen atoms in total. The van der Waals surface area contributed by atoms with Crippen molar-refractivity contribution in [2.75, 3.05) is 7.11 Å². The summed E-state index contributed by atoms with van der Waals surface area (Å²) in [5, 5.41) is 4.40. The van der Waals surface area contributed by atoms with Crippen LogP contribution in [0, 0.1) is 6.92 Å². The zero-order valence-electron chi connectivity index (χ0n) is 13.8. The second kappa shape index (κ2) is 6.14. The molecular weight excluding hydrogens is 334 g/mol. The van der Waals surface area contributed by atoms with Gasteiger partial charge in [-0.1, -0.05) is 53.8 Å². The van der Waals surface area contributed by atoms with E-state index in [4.69, 9.17) is 4.74 Å². The summed E-state index contributed by atoms with van der Waals surface area (Å²) < 4.78 is 7.28.